The molecule has 3 aromatic rings. The maximum atomic E-state index is 15.2. The zero-order chi connectivity index (χ0) is 25.6. The summed E-state index contributed by atoms with van der Waals surface area (Å²) < 4.78 is 55.9. The average Bonchev–Trinajstić information content (AvgIpc) is 3.42. The van der Waals surface area contributed by atoms with Gasteiger partial charge in [0.1, 0.15) is 17.3 Å². The minimum Gasteiger partial charge on any atom is -0.348 e. The first-order valence-corrected chi connectivity index (χ1v) is 11.1. The molecule has 0 aromatic heterocycles. The number of anilines is 1. The molecule has 9 heteroatoms. The molecule has 182 valence electrons. The molecule has 0 radical (unpaired) electrons. The van der Waals surface area contributed by atoms with Crippen LogP contribution in [0.5, 0.6) is 0 Å². The second-order valence-electron chi connectivity index (χ2n) is 8.71. The highest BCUT2D eigenvalue weighted by molar-refractivity contribution is 6.14. The van der Waals surface area contributed by atoms with Gasteiger partial charge in [-0.25, -0.2) is 17.6 Å². The minimum atomic E-state index is -1.25. The monoisotopic (exact) mass is 493 g/mol. The Morgan fingerprint density at radius 3 is 2.33 bits per heavy atom. The molecular formula is C27H19F4N3O2. The van der Waals surface area contributed by atoms with Gasteiger partial charge in [-0.1, -0.05) is 24.3 Å². The number of nitrogens with one attached hydrogen (secondary N) is 2. The maximum Gasteiger partial charge on any atom is 0.252 e. The quantitative estimate of drug-likeness (QED) is 0.466. The molecule has 0 spiro atoms. The van der Waals surface area contributed by atoms with E-state index in [4.69, 9.17) is 0 Å². The third kappa shape index (κ3) is 4.28. The first-order valence-electron chi connectivity index (χ1n) is 11.1. The number of rotatable bonds is 5. The molecule has 2 amide bonds. The van der Waals surface area contributed by atoms with Crippen LogP contribution in [0.2, 0.25) is 0 Å². The summed E-state index contributed by atoms with van der Waals surface area (Å²) in [5, 5.41) is 4.85. The van der Waals surface area contributed by atoms with Gasteiger partial charge in [0.05, 0.1) is 17.7 Å². The van der Waals surface area contributed by atoms with E-state index in [1.165, 1.54) is 12.1 Å². The first kappa shape index (κ1) is 23.5. The van der Waals surface area contributed by atoms with Crippen molar-refractivity contribution in [2.75, 3.05) is 5.32 Å². The number of allylic oxidation sites excluding steroid dienone is 1. The lowest BCUT2D eigenvalue weighted by molar-refractivity contribution is -0.115. The lowest BCUT2D eigenvalue weighted by atomic mass is 9.90. The predicted molar refractivity (Wildman–Crippen MR) is 127 cm³/mol. The minimum absolute atomic E-state index is 0.245. The number of amides is 2. The van der Waals surface area contributed by atoms with Gasteiger partial charge in [-0.05, 0) is 35.3 Å². The van der Waals surface area contributed by atoms with Gasteiger partial charge in [-0.3, -0.25) is 14.6 Å². The van der Waals surface area contributed by atoms with Crippen LogP contribution in [0.3, 0.4) is 0 Å². The Morgan fingerprint density at radius 1 is 0.972 bits per heavy atom. The van der Waals surface area contributed by atoms with E-state index in [9.17, 15) is 22.8 Å². The first-order chi connectivity index (χ1) is 17.2. The van der Waals surface area contributed by atoms with Crippen LogP contribution >= 0.6 is 0 Å². The van der Waals surface area contributed by atoms with Crippen LogP contribution in [0.25, 0.3) is 11.1 Å². The number of carbonyl (C=O) groups excluding carboxylic acids is 2. The fourth-order valence-electron chi connectivity index (χ4n) is 4.47. The fourth-order valence-corrected chi connectivity index (χ4v) is 4.47. The Kier molecular flexibility index (Phi) is 5.91. The van der Waals surface area contributed by atoms with Crippen LogP contribution in [0, 0.1) is 23.3 Å². The Labute approximate surface area is 203 Å². The molecule has 0 saturated carbocycles. The molecule has 0 bridgehead atoms. The Balaban J connectivity index is 1.40. The molecular weight excluding hydrogens is 474 g/mol. The molecule has 3 aromatic carbocycles. The van der Waals surface area contributed by atoms with Crippen molar-refractivity contribution in [1.29, 1.82) is 0 Å². The van der Waals surface area contributed by atoms with Gasteiger partial charge in [0.2, 0.25) is 5.91 Å². The molecule has 0 fully saturated rings. The Hall–Kier alpha value is -4.27. The summed E-state index contributed by atoms with van der Waals surface area (Å²) in [5.74, 6) is -5.28. The lowest BCUT2D eigenvalue weighted by Crippen LogP contribution is -2.17. The number of aliphatic imine (C=N–C) groups is 1. The molecule has 2 N–H and O–H groups in total. The van der Waals surface area contributed by atoms with Crippen molar-refractivity contribution in [2.45, 2.75) is 26.3 Å². The normalized spacial score (nSPS) is 14.3. The van der Waals surface area contributed by atoms with Crippen LogP contribution in [-0.2, 0) is 17.8 Å². The van der Waals surface area contributed by atoms with Gasteiger partial charge >= 0.3 is 0 Å². The number of hydrogen-bond donors (Lipinski definition) is 2. The van der Waals surface area contributed by atoms with E-state index in [2.05, 4.69) is 15.6 Å². The van der Waals surface area contributed by atoms with Crippen LogP contribution < -0.4 is 10.6 Å². The highest BCUT2D eigenvalue weighted by Crippen LogP contribution is 2.35. The van der Waals surface area contributed by atoms with E-state index in [1.54, 1.807) is 18.3 Å². The van der Waals surface area contributed by atoms with Gasteiger partial charge in [-0.2, -0.15) is 0 Å². The molecule has 2 aliphatic heterocycles. The highest BCUT2D eigenvalue weighted by Gasteiger charge is 2.29. The third-order valence-electron chi connectivity index (χ3n) is 6.12. The summed E-state index contributed by atoms with van der Waals surface area (Å²) in [6, 6.07) is 8.58. The number of halogens is 4. The average molecular weight is 493 g/mol. The van der Waals surface area contributed by atoms with Crippen LogP contribution in [0.1, 0.15) is 40.4 Å². The van der Waals surface area contributed by atoms with Gasteiger partial charge in [-0.15, -0.1) is 0 Å². The number of benzene rings is 3. The Morgan fingerprint density at radius 2 is 1.67 bits per heavy atom. The second-order valence-corrected chi connectivity index (χ2v) is 8.71. The molecule has 0 aliphatic carbocycles. The summed E-state index contributed by atoms with van der Waals surface area (Å²) in [4.78, 5) is 29.3. The molecule has 0 saturated heterocycles. The third-order valence-corrected chi connectivity index (χ3v) is 6.12. The van der Waals surface area contributed by atoms with E-state index in [1.807, 2.05) is 6.92 Å². The lowest BCUT2D eigenvalue weighted by Gasteiger charge is -2.13. The largest absolute Gasteiger partial charge is 0.348 e. The van der Waals surface area contributed by atoms with Gasteiger partial charge in [0.15, 0.2) is 11.6 Å². The maximum absolute atomic E-state index is 15.2. The molecule has 5 nitrogen and oxygen atoms in total. The van der Waals surface area contributed by atoms with Crippen molar-refractivity contribution in [3.8, 4) is 11.1 Å². The number of nitrogens with zero attached hydrogens (tertiary/aromatic N) is 1. The van der Waals surface area contributed by atoms with Crippen molar-refractivity contribution in [3.63, 3.8) is 0 Å². The summed E-state index contributed by atoms with van der Waals surface area (Å²) >= 11 is 0. The fraction of sp³-hybridized carbons (Fsp3) is 0.148. The zero-order valence-electron chi connectivity index (χ0n) is 19.0. The summed E-state index contributed by atoms with van der Waals surface area (Å²) in [7, 11) is 0. The van der Waals surface area contributed by atoms with Crippen LogP contribution in [-0.4, -0.2) is 17.5 Å². The number of fused-ring (bicyclic) bond motifs is 1. The molecule has 5 rings (SSSR count). The predicted octanol–water partition coefficient (Wildman–Crippen LogP) is 5.43. The van der Waals surface area contributed by atoms with Gasteiger partial charge < -0.3 is 10.6 Å². The van der Waals surface area contributed by atoms with E-state index >= 15 is 4.39 Å². The van der Waals surface area contributed by atoms with Crippen molar-refractivity contribution in [1.82, 2.24) is 5.32 Å². The highest BCUT2D eigenvalue weighted by atomic mass is 19.1. The summed E-state index contributed by atoms with van der Waals surface area (Å²) in [6.07, 6.45) is 2.03. The van der Waals surface area contributed by atoms with Gasteiger partial charge in [0, 0.05) is 42.4 Å². The smallest absolute Gasteiger partial charge is 0.252 e. The van der Waals surface area contributed by atoms with E-state index in [-0.39, 0.29) is 30.0 Å². The van der Waals surface area contributed by atoms with Crippen molar-refractivity contribution in [2.24, 2.45) is 4.99 Å². The van der Waals surface area contributed by atoms with E-state index in [0.29, 0.717) is 40.8 Å². The second kappa shape index (κ2) is 9.07. The topological polar surface area (TPSA) is 70.6 Å². The molecule has 0 unspecified atom stereocenters. The van der Waals surface area contributed by atoms with Crippen LogP contribution in [0.15, 0.2) is 59.2 Å². The SMILES string of the molecule is CC1=CN=C(c2ccc(-c3ccc(CC(=O)Nc4c(F)cc(F)cc4F)cc3F)c3c2C(=O)NC3)C1. The van der Waals surface area contributed by atoms with Crippen molar-refractivity contribution >= 4 is 23.2 Å². The molecule has 2 heterocycles. The number of hydrogen-bond acceptors (Lipinski definition) is 3. The standard InChI is InChI=1S/C27H19F4N3O2/c1-13-6-23(32-11-13)18-5-4-16(19-12-33-27(36)25(18)19)17-3-2-14(7-20(17)29)8-24(35)34-26-21(30)9-15(28)10-22(26)31/h2-5,7,9-11H,6,8,12H2,1H3,(H,33,36)(H,34,35). The number of carbonyl (C=O) groups is 2. The van der Waals surface area contributed by atoms with Gasteiger partial charge in [0.25, 0.3) is 5.91 Å². The van der Waals surface area contributed by atoms with Crippen molar-refractivity contribution < 1.29 is 27.2 Å². The van der Waals surface area contributed by atoms with E-state index in [0.717, 1.165) is 17.4 Å². The summed E-state index contributed by atoms with van der Waals surface area (Å²) in [6.45, 7) is 2.20. The van der Waals surface area contributed by atoms with Crippen molar-refractivity contribution in [3.05, 3.63) is 99.8 Å². The molecule has 0 atom stereocenters. The molecule has 2 aliphatic rings. The van der Waals surface area contributed by atoms with E-state index < -0.39 is 34.9 Å². The Bertz CT molecular complexity index is 1490. The summed E-state index contributed by atoms with van der Waals surface area (Å²) in [5.41, 5.74) is 3.99. The molecule has 36 heavy (non-hydrogen) atoms. The van der Waals surface area contributed by atoms with Crippen LogP contribution in [0.4, 0.5) is 23.2 Å². The zero-order valence-corrected chi connectivity index (χ0v) is 19.0.